The maximum atomic E-state index is 12.7. The van der Waals surface area contributed by atoms with Gasteiger partial charge in [-0.05, 0) is 64.5 Å². The van der Waals surface area contributed by atoms with Crippen molar-refractivity contribution in [1.82, 2.24) is 4.48 Å². The van der Waals surface area contributed by atoms with Gasteiger partial charge in [-0.2, -0.15) is 8.91 Å². The van der Waals surface area contributed by atoms with Crippen LogP contribution in [0, 0.1) is 0 Å². The van der Waals surface area contributed by atoms with Crippen molar-refractivity contribution in [2.24, 2.45) is 0 Å². The van der Waals surface area contributed by atoms with Crippen LogP contribution in [0.25, 0.3) is 0 Å². The molecule has 2 unspecified atom stereocenters. The molecule has 268 valence electrons. The molecule has 1 spiro atoms. The predicted molar refractivity (Wildman–Crippen MR) is 175 cm³/mol. The van der Waals surface area contributed by atoms with Gasteiger partial charge in [0, 0.05) is 59.2 Å². The number of unbranched alkanes of at least 4 members (excludes halogenated alkanes) is 1. The zero-order valence-corrected chi connectivity index (χ0v) is 42.8. The van der Waals surface area contributed by atoms with Gasteiger partial charge in [0.1, 0.15) is 28.0 Å². The molecule has 5 rings (SSSR count). The Morgan fingerprint density at radius 2 is 1.60 bits per heavy atom. The molecule has 1 fully saturated rings. The van der Waals surface area contributed by atoms with Crippen LogP contribution in [0.4, 0.5) is 11.4 Å². The molecule has 21 heteroatoms. The third-order valence-corrected chi connectivity index (χ3v) is 13.2. The topological polar surface area (TPSA) is 216 Å². The molecule has 0 radical (unpaired) electrons. The van der Waals surface area contributed by atoms with Crippen LogP contribution in [-0.2, 0) is 50.6 Å². The summed E-state index contributed by atoms with van der Waals surface area (Å²) < 4.78 is 114. The summed E-state index contributed by atoms with van der Waals surface area (Å²) in [4.78, 5) is 0.129. The molecular weight excluding hydrogens is 838 g/mol. The van der Waals surface area contributed by atoms with E-state index in [0.717, 1.165) is 35.1 Å². The van der Waals surface area contributed by atoms with Crippen LogP contribution in [0.1, 0.15) is 64.5 Å². The second-order valence-electron chi connectivity index (χ2n) is 13.4. The van der Waals surface area contributed by atoms with E-state index in [1.807, 2.05) is 36.6 Å². The van der Waals surface area contributed by atoms with Crippen LogP contribution in [0.3, 0.4) is 0 Å². The number of hydrogen-bond acceptors (Lipinski definition) is 13. The van der Waals surface area contributed by atoms with Crippen molar-refractivity contribution in [1.29, 1.82) is 0 Å². The molecule has 2 aromatic carbocycles. The molecule has 52 heavy (non-hydrogen) atoms. The van der Waals surface area contributed by atoms with E-state index in [1.54, 1.807) is 32.1 Å². The first kappa shape index (κ1) is 50.6. The maximum Gasteiger partial charge on any atom is 1.00 e. The molecule has 0 saturated carbocycles. The zero-order chi connectivity index (χ0) is 36.2. The van der Waals surface area contributed by atoms with Gasteiger partial charge >= 0.3 is 154 Å². The van der Waals surface area contributed by atoms with E-state index >= 15 is 0 Å². The first-order chi connectivity index (χ1) is 22.7. The van der Waals surface area contributed by atoms with Gasteiger partial charge in [0.2, 0.25) is 5.69 Å². The van der Waals surface area contributed by atoms with Crippen molar-refractivity contribution >= 4 is 59.5 Å². The fraction of sp³-hybridized carbons (Fsp3) is 0.452. The Hall–Kier alpha value is 2.42. The Morgan fingerprint density at radius 1 is 0.923 bits per heavy atom. The van der Waals surface area contributed by atoms with Crippen molar-refractivity contribution in [2.45, 2.75) is 79.4 Å². The molecule has 0 amide bonds. The molecule has 3 aliphatic heterocycles. The normalized spacial score (nSPS) is 22.6. The number of rotatable bonds is 12. The quantitative estimate of drug-likeness (QED) is 0.0284. The van der Waals surface area contributed by atoms with Crippen LogP contribution in [-0.4, -0.2) is 73.4 Å². The van der Waals surface area contributed by atoms with E-state index in [9.17, 15) is 44.2 Å². The Balaban J connectivity index is 0.00000312. The summed E-state index contributed by atoms with van der Waals surface area (Å²) in [5.41, 5.74) is 2.21. The van der Waals surface area contributed by atoms with E-state index in [4.69, 9.17) is 0 Å². The second kappa shape index (κ2) is 19.2. The van der Waals surface area contributed by atoms with E-state index in [1.165, 1.54) is 12.1 Å². The monoisotopic (exact) mass is 873 g/mol. The van der Waals surface area contributed by atoms with Crippen molar-refractivity contribution in [2.75, 3.05) is 18.8 Å². The van der Waals surface area contributed by atoms with Gasteiger partial charge in [0.25, 0.3) is 0 Å². The van der Waals surface area contributed by atoms with E-state index in [2.05, 4.69) is 9.37 Å². The first-order valence-corrected chi connectivity index (χ1v) is 20.5. The van der Waals surface area contributed by atoms with E-state index in [0.29, 0.717) is 41.2 Å². The maximum absolute atomic E-state index is 12.7. The number of fused-ring (bicyclic) bond motifs is 3. The first-order valence-electron chi connectivity index (χ1n) is 15.3. The molecule has 2 atom stereocenters. The smallest absolute Gasteiger partial charge is 0.748 e. The number of nitrogens with zero attached hydrogens (tertiary/aromatic N) is 2. The molecule has 3 aliphatic rings. The van der Waals surface area contributed by atoms with Crippen LogP contribution in [0.5, 0.6) is 0 Å². The average Bonchev–Trinajstić information content (AvgIpc) is 3.58. The molecule has 2 aromatic rings. The number of quaternary nitrogens is 1. The Kier molecular flexibility index (Phi) is 18.7. The van der Waals surface area contributed by atoms with E-state index in [-0.39, 0.29) is 178 Å². The molecule has 0 bridgehead atoms. The number of hydrogen-bond donors (Lipinski definition) is 0. The third kappa shape index (κ3) is 10.4. The van der Waals surface area contributed by atoms with Gasteiger partial charge in [-0.25, -0.2) is 29.7 Å². The summed E-state index contributed by atoms with van der Waals surface area (Å²) in [6, 6.07) is 9.23. The molecule has 14 nitrogen and oxygen atoms in total. The minimum Gasteiger partial charge on any atom is -0.748 e. The van der Waals surface area contributed by atoms with Crippen molar-refractivity contribution in [3.05, 3.63) is 71.5 Å². The van der Waals surface area contributed by atoms with Crippen LogP contribution in [0.15, 0.2) is 70.1 Å². The summed E-state index contributed by atoms with van der Waals surface area (Å²) >= 11 is 0.732. The molecular formula is C31H36K3N2O12S4+. The van der Waals surface area contributed by atoms with E-state index < -0.39 is 57.2 Å². The Labute approximate surface area is 437 Å². The second-order valence-corrected chi connectivity index (χ2v) is 18.6. The number of benzene rings is 2. The summed E-state index contributed by atoms with van der Waals surface area (Å²) in [6.07, 6.45) is 6.33. The SMILES string of the molecule is CC1(C)C(C=C/C=C2\C(C)(C)c3cc(S(=O)(=O)[O-])ccc3[N+]23CCCC3S(=O)(=O)[O-])=[N+](CCCCS(=O)(=O)[O-])c2ccc(SOO[O-])cc21.[K+].[K+].[K+]. The fourth-order valence-corrected chi connectivity index (χ4v) is 10.4. The summed E-state index contributed by atoms with van der Waals surface area (Å²) in [7, 11) is -14.1. The van der Waals surface area contributed by atoms with Gasteiger partial charge in [-0.1, -0.05) is 6.08 Å². The minimum atomic E-state index is -4.84. The van der Waals surface area contributed by atoms with Crippen LogP contribution in [0.2, 0.25) is 0 Å². The van der Waals surface area contributed by atoms with Gasteiger partial charge in [0.15, 0.2) is 21.2 Å². The number of allylic oxidation sites excluding steroid dienone is 4. The fourth-order valence-electron chi connectivity index (χ4n) is 7.70. The summed E-state index contributed by atoms with van der Waals surface area (Å²) in [5, 5.41) is 12.6. The van der Waals surface area contributed by atoms with Gasteiger partial charge in [-0.3, -0.25) is 5.04 Å². The Bertz CT molecular complexity index is 2110. The molecule has 0 aliphatic carbocycles. The van der Waals surface area contributed by atoms with Crippen LogP contribution < -0.4 is 164 Å². The van der Waals surface area contributed by atoms with Crippen molar-refractivity contribution in [3.63, 3.8) is 0 Å². The van der Waals surface area contributed by atoms with Gasteiger partial charge < -0.3 is 18.9 Å². The summed E-state index contributed by atoms with van der Waals surface area (Å²) in [6.45, 7) is 8.14. The van der Waals surface area contributed by atoms with Gasteiger partial charge in [-0.15, -0.1) is 0 Å². The largest absolute Gasteiger partial charge is 1.00 e. The molecule has 0 N–H and O–H groups in total. The molecule has 1 saturated heterocycles. The predicted octanol–water partition coefficient (Wildman–Crippen LogP) is -6.06. The molecule has 0 aromatic heterocycles. The van der Waals surface area contributed by atoms with Gasteiger partial charge in [0.05, 0.1) is 44.4 Å². The third-order valence-electron chi connectivity index (χ3n) is 9.77. The van der Waals surface area contributed by atoms with Crippen LogP contribution >= 0.6 is 12.0 Å². The summed E-state index contributed by atoms with van der Waals surface area (Å²) in [5.74, 6) is -0.509. The average molecular weight is 874 g/mol. The minimum absolute atomic E-state index is 0. The Morgan fingerprint density at radius 3 is 2.19 bits per heavy atom. The molecule has 3 heterocycles. The zero-order valence-electron chi connectivity index (χ0n) is 30.1. The van der Waals surface area contributed by atoms with Crippen molar-refractivity contribution < 1.29 is 212 Å². The standard InChI is InChI=1S/C31H38N2O12S4.3K/c1-30(2)23-19-21(46-45-44-34)12-14-25(23)32(16-5-6-18-47(35,36)37)27(30)9-7-10-28-31(3,4)24-20-22(48(38,39)40)13-15-26(24)33(28)17-8-11-29(33)49(41,42)43;;;/h7,9-10,12-15,19-20,29H,5-6,8,11,16-18H2,1-4H3,(H2-2,34,35,36,37,38,39,40,41,42,43);;;/q;3*+1/p-2/b9-7?,28-10+;;;. The van der Waals surface area contributed by atoms with Crippen molar-refractivity contribution in [3.8, 4) is 0 Å².